The highest BCUT2D eigenvalue weighted by Crippen LogP contribution is 2.24. The Balaban J connectivity index is 1.76. The summed E-state index contributed by atoms with van der Waals surface area (Å²) in [5.41, 5.74) is 2.73. The molecule has 0 saturated heterocycles. The summed E-state index contributed by atoms with van der Waals surface area (Å²) in [7, 11) is 1.83. The van der Waals surface area contributed by atoms with Crippen LogP contribution in [0, 0.1) is 0 Å². The van der Waals surface area contributed by atoms with Crippen molar-refractivity contribution in [3.63, 3.8) is 0 Å². The Morgan fingerprint density at radius 3 is 2.35 bits per heavy atom. The predicted molar refractivity (Wildman–Crippen MR) is 86.3 cm³/mol. The molecule has 1 aromatic rings. The molecule has 112 valence electrons. The fraction of sp³-hybridized carbons (Fsp3) is 0.667. The summed E-state index contributed by atoms with van der Waals surface area (Å²) in [6, 6.07) is 9.65. The Labute approximate surface area is 123 Å². The van der Waals surface area contributed by atoms with E-state index in [1.807, 2.05) is 7.11 Å². The van der Waals surface area contributed by atoms with Crippen molar-refractivity contribution >= 4 is 5.69 Å². The summed E-state index contributed by atoms with van der Waals surface area (Å²) in [6.07, 6.45) is 10.4. The zero-order valence-corrected chi connectivity index (χ0v) is 13.0. The third kappa shape index (κ3) is 4.82. The number of anilines is 1. The second-order valence-electron chi connectivity index (χ2n) is 6.01. The topological polar surface area (TPSA) is 21.3 Å². The van der Waals surface area contributed by atoms with Crippen LogP contribution in [0.5, 0.6) is 0 Å². The highest BCUT2D eigenvalue weighted by atomic mass is 16.5. The van der Waals surface area contributed by atoms with Crippen LogP contribution >= 0.6 is 0 Å². The average Bonchev–Trinajstić information content (AvgIpc) is 2.50. The molecule has 1 N–H and O–H groups in total. The number of hydrogen-bond donors (Lipinski definition) is 1. The van der Waals surface area contributed by atoms with Crippen LogP contribution in [0.2, 0.25) is 0 Å². The standard InChI is InChI=1S/C18H29NO/c1-3-4-5-6-15-7-9-16(10-8-15)19-17-11-13-18(20-2)14-12-17/h7-10,17-19H,3-6,11-14H2,1-2H3. The van der Waals surface area contributed by atoms with Gasteiger partial charge in [0.15, 0.2) is 0 Å². The van der Waals surface area contributed by atoms with Crippen LogP contribution < -0.4 is 5.32 Å². The van der Waals surface area contributed by atoms with Crippen molar-refractivity contribution in [1.29, 1.82) is 0 Å². The number of methoxy groups -OCH3 is 1. The number of benzene rings is 1. The Hall–Kier alpha value is -1.02. The number of rotatable bonds is 7. The van der Waals surface area contributed by atoms with Gasteiger partial charge in [-0.2, -0.15) is 0 Å². The van der Waals surface area contributed by atoms with E-state index < -0.39 is 0 Å². The van der Waals surface area contributed by atoms with Gasteiger partial charge in [0, 0.05) is 18.8 Å². The van der Waals surface area contributed by atoms with Gasteiger partial charge in [-0.3, -0.25) is 0 Å². The molecule has 1 aliphatic carbocycles. The van der Waals surface area contributed by atoms with Crippen molar-refractivity contribution in [1.82, 2.24) is 0 Å². The molecule has 0 radical (unpaired) electrons. The molecular weight excluding hydrogens is 246 g/mol. The Morgan fingerprint density at radius 1 is 1.05 bits per heavy atom. The Kier molecular flexibility index (Phi) is 6.38. The molecule has 0 unspecified atom stereocenters. The summed E-state index contributed by atoms with van der Waals surface area (Å²) < 4.78 is 5.42. The maximum atomic E-state index is 5.42. The molecule has 0 spiro atoms. The fourth-order valence-electron chi connectivity index (χ4n) is 3.03. The number of ether oxygens (including phenoxy) is 1. The molecule has 2 nitrogen and oxygen atoms in total. The number of nitrogens with one attached hydrogen (secondary N) is 1. The summed E-state index contributed by atoms with van der Waals surface area (Å²) in [6.45, 7) is 2.26. The average molecular weight is 275 g/mol. The number of hydrogen-bond acceptors (Lipinski definition) is 2. The monoisotopic (exact) mass is 275 g/mol. The lowest BCUT2D eigenvalue weighted by molar-refractivity contribution is 0.0682. The van der Waals surface area contributed by atoms with Gasteiger partial charge in [0.2, 0.25) is 0 Å². The molecule has 20 heavy (non-hydrogen) atoms. The third-order valence-electron chi connectivity index (χ3n) is 4.40. The van der Waals surface area contributed by atoms with Gasteiger partial charge in [-0.15, -0.1) is 0 Å². The summed E-state index contributed by atoms with van der Waals surface area (Å²) in [4.78, 5) is 0. The summed E-state index contributed by atoms with van der Waals surface area (Å²) in [5, 5.41) is 3.66. The van der Waals surface area contributed by atoms with Gasteiger partial charge in [-0.25, -0.2) is 0 Å². The van der Waals surface area contributed by atoms with Crippen LogP contribution in [0.3, 0.4) is 0 Å². The van der Waals surface area contributed by atoms with E-state index in [2.05, 4.69) is 36.5 Å². The van der Waals surface area contributed by atoms with Gasteiger partial charge in [0.25, 0.3) is 0 Å². The van der Waals surface area contributed by atoms with Crippen LogP contribution in [0.4, 0.5) is 5.69 Å². The zero-order chi connectivity index (χ0) is 14.2. The predicted octanol–water partition coefficient (Wildman–Crippen LogP) is 4.79. The highest BCUT2D eigenvalue weighted by Gasteiger charge is 2.20. The van der Waals surface area contributed by atoms with Crippen molar-refractivity contribution in [2.24, 2.45) is 0 Å². The van der Waals surface area contributed by atoms with E-state index in [-0.39, 0.29) is 0 Å². The van der Waals surface area contributed by atoms with Crippen molar-refractivity contribution < 1.29 is 4.74 Å². The largest absolute Gasteiger partial charge is 0.382 e. The maximum absolute atomic E-state index is 5.42. The second-order valence-corrected chi connectivity index (χ2v) is 6.01. The van der Waals surface area contributed by atoms with E-state index in [1.165, 1.54) is 62.6 Å². The van der Waals surface area contributed by atoms with Crippen LogP contribution in [-0.4, -0.2) is 19.3 Å². The van der Waals surface area contributed by atoms with Crippen LogP contribution in [-0.2, 0) is 11.2 Å². The van der Waals surface area contributed by atoms with Gasteiger partial charge in [0.05, 0.1) is 6.10 Å². The van der Waals surface area contributed by atoms with Gasteiger partial charge >= 0.3 is 0 Å². The lowest BCUT2D eigenvalue weighted by atomic mass is 9.93. The Bertz CT molecular complexity index is 366. The SMILES string of the molecule is CCCCCc1ccc(NC2CCC(OC)CC2)cc1. The molecule has 0 heterocycles. The maximum Gasteiger partial charge on any atom is 0.0572 e. The molecule has 1 aliphatic rings. The van der Waals surface area contributed by atoms with Gasteiger partial charge < -0.3 is 10.1 Å². The van der Waals surface area contributed by atoms with E-state index >= 15 is 0 Å². The first-order valence-corrected chi connectivity index (χ1v) is 8.20. The van der Waals surface area contributed by atoms with Crippen molar-refractivity contribution in [3.8, 4) is 0 Å². The molecule has 1 aromatic carbocycles. The summed E-state index contributed by atoms with van der Waals surface area (Å²) >= 11 is 0. The zero-order valence-electron chi connectivity index (χ0n) is 13.0. The highest BCUT2D eigenvalue weighted by molar-refractivity contribution is 5.45. The molecule has 0 aliphatic heterocycles. The molecule has 2 heteroatoms. The second kappa shape index (κ2) is 8.31. The van der Waals surface area contributed by atoms with Gasteiger partial charge in [-0.1, -0.05) is 31.9 Å². The van der Waals surface area contributed by atoms with Crippen molar-refractivity contribution in [2.45, 2.75) is 70.4 Å². The van der Waals surface area contributed by atoms with E-state index in [1.54, 1.807) is 0 Å². The third-order valence-corrected chi connectivity index (χ3v) is 4.40. The molecule has 1 fully saturated rings. The molecule has 0 atom stereocenters. The number of unbranched alkanes of at least 4 members (excludes halogenated alkanes) is 2. The van der Waals surface area contributed by atoms with Gasteiger partial charge in [-0.05, 0) is 56.2 Å². The molecule has 0 amide bonds. The molecule has 0 bridgehead atoms. The quantitative estimate of drug-likeness (QED) is 0.722. The molecule has 2 rings (SSSR count). The normalized spacial score (nSPS) is 22.7. The van der Waals surface area contributed by atoms with E-state index in [4.69, 9.17) is 4.74 Å². The summed E-state index contributed by atoms with van der Waals surface area (Å²) in [5.74, 6) is 0. The minimum Gasteiger partial charge on any atom is -0.382 e. The minimum atomic E-state index is 0.481. The smallest absolute Gasteiger partial charge is 0.0572 e. The minimum absolute atomic E-state index is 0.481. The van der Waals surface area contributed by atoms with E-state index in [0.717, 1.165) is 0 Å². The van der Waals surface area contributed by atoms with Crippen LogP contribution in [0.25, 0.3) is 0 Å². The fourth-order valence-corrected chi connectivity index (χ4v) is 3.03. The first kappa shape index (κ1) is 15.4. The van der Waals surface area contributed by atoms with Gasteiger partial charge in [0.1, 0.15) is 0 Å². The Morgan fingerprint density at radius 2 is 1.75 bits per heavy atom. The van der Waals surface area contributed by atoms with E-state index in [9.17, 15) is 0 Å². The molecular formula is C18H29NO. The lowest BCUT2D eigenvalue weighted by Gasteiger charge is -2.29. The van der Waals surface area contributed by atoms with E-state index in [0.29, 0.717) is 12.1 Å². The van der Waals surface area contributed by atoms with Crippen molar-refractivity contribution in [3.05, 3.63) is 29.8 Å². The first-order chi connectivity index (χ1) is 9.81. The molecule has 1 saturated carbocycles. The lowest BCUT2D eigenvalue weighted by Crippen LogP contribution is -2.29. The van der Waals surface area contributed by atoms with Crippen LogP contribution in [0.15, 0.2) is 24.3 Å². The number of aryl methyl sites for hydroxylation is 1. The first-order valence-electron chi connectivity index (χ1n) is 8.20. The molecule has 0 aromatic heterocycles. The van der Waals surface area contributed by atoms with Crippen LogP contribution in [0.1, 0.15) is 57.4 Å². The van der Waals surface area contributed by atoms with Crippen molar-refractivity contribution in [2.75, 3.05) is 12.4 Å².